The molecule has 6 nitrogen and oxygen atoms in total. The lowest BCUT2D eigenvalue weighted by molar-refractivity contribution is -0.137. The summed E-state index contributed by atoms with van der Waals surface area (Å²) in [6.45, 7) is -0.438. The molecule has 9 heteroatoms. The Balaban J connectivity index is 1.60. The van der Waals surface area contributed by atoms with Gasteiger partial charge in [0.1, 0.15) is 5.75 Å². The summed E-state index contributed by atoms with van der Waals surface area (Å²) in [5.74, 6) is -0.00625. The molecule has 0 bridgehead atoms. The quantitative estimate of drug-likeness (QED) is 0.747. The van der Waals surface area contributed by atoms with Crippen LogP contribution in [-0.4, -0.2) is 22.7 Å². The number of nitrogens with zero attached hydrogens (tertiary/aromatic N) is 2. The molecule has 0 saturated heterocycles. The van der Waals surface area contributed by atoms with Crippen LogP contribution in [0.5, 0.6) is 5.75 Å². The van der Waals surface area contributed by atoms with Crippen LogP contribution >= 0.6 is 0 Å². The molecule has 2 aromatic carbocycles. The van der Waals surface area contributed by atoms with Crippen LogP contribution in [0.15, 0.2) is 59.3 Å². The Bertz CT molecular complexity index is 878. The van der Waals surface area contributed by atoms with Gasteiger partial charge in [-0.25, -0.2) is 0 Å². The molecule has 0 radical (unpaired) electrons. The molecule has 0 spiro atoms. The fourth-order valence-corrected chi connectivity index (χ4v) is 2.17. The van der Waals surface area contributed by atoms with E-state index in [1.807, 2.05) is 0 Å². The summed E-state index contributed by atoms with van der Waals surface area (Å²) in [4.78, 5) is 11.9. The summed E-state index contributed by atoms with van der Waals surface area (Å²) < 4.78 is 49.0. The zero-order chi connectivity index (χ0) is 18.6. The maximum atomic E-state index is 12.9. The first-order valence-electron chi connectivity index (χ1n) is 7.39. The minimum absolute atomic E-state index is 0.319. The Morgan fingerprint density at radius 3 is 2.50 bits per heavy atom. The van der Waals surface area contributed by atoms with E-state index >= 15 is 0 Å². The topological polar surface area (TPSA) is 77.2 Å². The number of amides is 1. The third-order valence-electron chi connectivity index (χ3n) is 3.34. The fraction of sp³-hybridized carbons (Fsp3) is 0.118. The van der Waals surface area contributed by atoms with E-state index in [0.29, 0.717) is 17.2 Å². The molecule has 3 rings (SSSR count). The van der Waals surface area contributed by atoms with Gasteiger partial charge in [0.05, 0.1) is 11.3 Å². The van der Waals surface area contributed by atoms with Crippen LogP contribution < -0.4 is 10.1 Å². The molecule has 0 aliphatic rings. The number of halogens is 3. The highest BCUT2D eigenvalue weighted by Gasteiger charge is 2.33. The Hall–Kier alpha value is -3.36. The van der Waals surface area contributed by atoms with Gasteiger partial charge in [0.25, 0.3) is 5.91 Å². The summed E-state index contributed by atoms with van der Waals surface area (Å²) in [7, 11) is 0. The first-order valence-corrected chi connectivity index (χ1v) is 7.39. The molecule has 3 aromatic rings. The molecule has 0 aliphatic heterocycles. The van der Waals surface area contributed by atoms with Crippen LogP contribution in [0.1, 0.15) is 5.56 Å². The number of benzene rings is 2. The van der Waals surface area contributed by atoms with Gasteiger partial charge < -0.3 is 14.5 Å². The van der Waals surface area contributed by atoms with Gasteiger partial charge in [-0.15, -0.1) is 10.2 Å². The molecular formula is C17H12F3N3O3. The van der Waals surface area contributed by atoms with E-state index in [1.165, 1.54) is 24.6 Å². The van der Waals surface area contributed by atoms with E-state index in [0.717, 1.165) is 6.07 Å². The number of ether oxygens (including phenoxy) is 1. The molecule has 1 amide bonds. The molecule has 1 aromatic heterocycles. The van der Waals surface area contributed by atoms with Crippen molar-refractivity contribution < 1.29 is 27.1 Å². The van der Waals surface area contributed by atoms with E-state index in [9.17, 15) is 18.0 Å². The van der Waals surface area contributed by atoms with Crippen LogP contribution in [0.3, 0.4) is 0 Å². The summed E-state index contributed by atoms with van der Waals surface area (Å²) >= 11 is 0. The van der Waals surface area contributed by atoms with Gasteiger partial charge in [-0.3, -0.25) is 4.79 Å². The van der Waals surface area contributed by atoms with Gasteiger partial charge in [-0.2, -0.15) is 13.2 Å². The lowest BCUT2D eigenvalue weighted by atomic mass is 10.1. The van der Waals surface area contributed by atoms with Crippen molar-refractivity contribution in [3.63, 3.8) is 0 Å². The number of anilines is 1. The second-order valence-electron chi connectivity index (χ2n) is 5.15. The molecule has 0 aliphatic carbocycles. The van der Waals surface area contributed by atoms with E-state index < -0.39 is 24.3 Å². The van der Waals surface area contributed by atoms with E-state index in [4.69, 9.17) is 9.15 Å². The van der Waals surface area contributed by atoms with Crippen molar-refractivity contribution in [1.82, 2.24) is 10.2 Å². The normalized spacial score (nSPS) is 11.2. The molecular weight excluding hydrogens is 351 g/mol. The Morgan fingerprint density at radius 2 is 1.85 bits per heavy atom. The van der Waals surface area contributed by atoms with Crippen molar-refractivity contribution in [3.8, 4) is 17.2 Å². The molecule has 26 heavy (non-hydrogen) atoms. The van der Waals surface area contributed by atoms with Gasteiger partial charge in [0.2, 0.25) is 12.3 Å². The second kappa shape index (κ2) is 7.26. The van der Waals surface area contributed by atoms with Crippen molar-refractivity contribution in [1.29, 1.82) is 0 Å². The predicted molar refractivity (Wildman–Crippen MR) is 85.3 cm³/mol. The zero-order valence-electron chi connectivity index (χ0n) is 13.2. The van der Waals surface area contributed by atoms with Crippen LogP contribution in [0, 0.1) is 0 Å². The molecule has 0 saturated carbocycles. The van der Waals surface area contributed by atoms with Crippen molar-refractivity contribution >= 4 is 11.6 Å². The number of para-hydroxylation sites is 1. The summed E-state index contributed by atoms with van der Waals surface area (Å²) in [6.07, 6.45) is -3.36. The van der Waals surface area contributed by atoms with Crippen molar-refractivity contribution in [2.24, 2.45) is 0 Å². The van der Waals surface area contributed by atoms with E-state index in [1.54, 1.807) is 24.3 Å². The van der Waals surface area contributed by atoms with Crippen LogP contribution in [0.2, 0.25) is 0 Å². The standard InChI is InChI=1S/C17H12F3N3O3/c18-17(19,20)13-3-1-2-4-14(13)22-15(24)9-25-12-7-5-11(6-8-12)16-23-21-10-26-16/h1-8,10H,9H2,(H,22,24). The Labute approximate surface area is 145 Å². The first-order chi connectivity index (χ1) is 12.4. The fourth-order valence-electron chi connectivity index (χ4n) is 2.17. The molecule has 0 unspecified atom stereocenters. The highest BCUT2D eigenvalue weighted by Crippen LogP contribution is 2.34. The smallest absolute Gasteiger partial charge is 0.418 e. The number of alkyl halides is 3. The van der Waals surface area contributed by atoms with Gasteiger partial charge in [-0.05, 0) is 36.4 Å². The van der Waals surface area contributed by atoms with Gasteiger partial charge in [-0.1, -0.05) is 12.1 Å². The SMILES string of the molecule is O=C(COc1ccc(-c2nnco2)cc1)Nc1ccccc1C(F)(F)F. The van der Waals surface area contributed by atoms with Gasteiger partial charge in [0.15, 0.2) is 6.61 Å². The van der Waals surface area contributed by atoms with Crippen LogP contribution in [-0.2, 0) is 11.0 Å². The number of rotatable bonds is 5. The largest absolute Gasteiger partial charge is 0.484 e. The monoisotopic (exact) mass is 363 g/mol. The Kier molecular flexibility index (Phi) is 4.87. The van der Waals surface area contributed by atoms with Crippen molar-refractivity contribution in [2.75, 3.05) is 11.9 Å². The highest BCUT2D eigenvalue weighted by molar-refractivity contribution is 5.92. The second-order valence-corrected chi connectivity index (χ2v) is 5.15. The molecule has 0 fully saturated rings. The maximum absolute atomic E-state index is 12.9. The lowest BCUT2D eigenvalue weighted by Crippen LogP contribution is -2.22. The average Bonchev–Trinajstić information content (AvgIpc) is 3.15. The number of carbonyl (C=O) groups is 1. The van der Waals surface area contributed by atoms with Crippen molar-refractivity contribution in [3.05, 3.63) is 60.5 Å². The van der Waals surface area contributed by atoms with E-state index in [-0.39, 0.29) is 5.69 Å². The van der Waals surface area contributed by atoms with Crippen molar-refractivity contribution in [2.45, 2.75) is 6.18 Å². The zero-order valence-corrected chi connectivity index (χ0v) is 13.2. The summed E-state index contributed by atoms with van der Waals surface area (Å²) in [6, 6.07) is 11.2. The predicted octanol–water partition coefficient (Wildman–Crippen LogP) is 3.77. The average molecular weight is 363 g/mol. The molecule has 1 heterocycles. The summed E-state index contributed by atoms with van der Waals surface area (Å²) in [5, 5.41) is 9.52. The minimum atomic E-state index is -4.56. The summed E-state index contributed by atoms with van der Waals surface area (Å²) in [5.41, 5.74) is -0.573. The Morgan fingerprint density at radius 1 is 1.12 bits per heavy atom. The maximum Gasteiger partial charge on any atom is 0.418 e. The lowest BCUT2D eigenvalue weighted by Gasteiger charge is -2.13. The molecule has 134 valence electrons. The van der Waals surface area contributed by atoms with Gasteiger partial charge in [0, 0.05) is 5.56 Å². The number of carbonyl (C=O) groups excluding carboxylic acids is 1. The number of hydrogen-bond acceptors (Lipinski definition) is 5. The third kappa shape index (κ3) is 4.18. The first kappa shape index (κ1) is 17.5. The van der Waals surface area contributed by atoms with Crippen LogP contribution in [0.4, 0.5) is 18.9 Å². The molecule has 0 atom stereocenters. The third-order valence-corrected chi connectivity index (χ3v) is 3.34. The molecule has 1 N–H and O–H groups in total. The minimum Gasteiger partial charge on any atom is -0.484 e. The number of aromatic nitrogens is 2. The number of nitrogens with one attached hydrogen (secondary N) is 1. The van der Waals surface area contributed by atoms with Gasteiger partial charge >= 0.3 is 6.18 Å². The number of hydrogen-bond donors (Lipinski definition) is 1. The highest BCUT2D eigenvalue weighted by atomic mass is 19.4. The van der Waals surface area contributed by atoms with Crippen LogP contribution in [0.25, 0.3) is 11.5 Å². The van der Waals surface area contributed by atoms with E-state index in [2.05, 4.69) is 15.5 Å².